The van der Waals surface area contributed by atoms with E-state index >= 15 is 0 Å². The molecule has 0 aliphatic carbocycles. The highest BCUT2D eigenvalue weighted by Crippen LogP contribution is 2.24. The fourth-order valence-electron chi connectivity index (χ4n) is 1.45. The molecule has 0 fully saturated rings. The summed E-state index contributed by atoms with van der Waals surface area (Å²) in [7, 11) is 0. The molecule has 0 aliphatic rings. The van der Waals surface area contributed by atoms with Crippen LogP contribution in [0.3, 0.4) is 0 Å². The van der Waals surface area contributed by atoms with Crippen LogP contribution in [0.5, 0.6) is 0 Å². The number of nitrogen functional groups attached to an aromatic ring is 1. The van der Waals surface area contributed by atoms with Gasteiger partial charge >= 0.3 is 0 Å². The Balaban J connectivity index is 2.27. The minimum Gasteiger partial charge on any atom is -0.375 e. The molecule has 0 unspecified atom stereocenters. The SMILES string of the molecule is Cc1nc(N)sc1Cc1ccc(Cl)c(F)c1. The van der Waals surface area contributed by atoms with Gasteiger partial charge in [-0.05, 0) is 24.6 Å². The van der Waals surface area contributed by atoms with Crippen LogP contribution in [-0.2, 0) is 6.42 Å². The van der Waals surface area contributed by atoms with Crippen LogP contribution < -0.4 is 5.73 Å². The topological polar surface area (TPSA) is 38.9 Å². The highest BCUT2D eigenvalue weighted by atomic mass is 35.5. The first kappa shape index (κ1) is 11.4. The van der Waals surface area contributed by atoms with Gasteiger partial charge in [-0.25, -0.2) is 9.37 Å². The Morgan fingerprint density at radius 2 is 2.25 bits per heavy atom. The van der Waals surface area contributed by atoms with Crippen LogP contribution in [0.4, 0.5) is 9.52 Å². The van der Waals surface area contributed by atoms with E-state index in [1.165, 1.54) is 17.4 Å². The first-order chi connectivity index (χ1) is 7.56. The molecule has 0 radical (unpaired) electrons. The van der Waals surface area contributed by atoms with E-state index in [0.29, 0.717) is 11.6 Å². The Bertz CT molecular complexity index is 525. The van der Waals surface area contributed by atoms with Crippen LogP contribution in [0.25, 0.3) is 0 Å². The van der Waals surface area contributed by atoms with E-state index in [2.05, 4.69) is 4.98 Å². The molecule has 1 heterocycles. The standard InChI is InChI=1S/C11H10ClFN2S/c1-6-10(16-11(14)15-6)5-7-2-3-8(12)9(13)4-7/h2-4H,5H2,1H3,(H2,14,15). The summed E-state index contributed by atoms with van der Waals surface area (Å²) in [6.07, 6.45) is 0.634. The summed E-state index contributed by atoms with van der Waals surface area (Å²) in [6, 6.07) is 4.81. The molecule has 0 atom stereocenters. The van der Waals surface area contributed by atoms with Crippen molar-refractivity contribution in [2.75, 3.05) is 5.73 Å². The molecule has 0 saturated heterocycles. The second-order valence-electron chi connectivity index (χ2n) is 3.49. The third kappa shape index (κ3) is 2.33. The zero-order valence-electron chi connectivity index (χ0n) is 8.63. The van der Waals surface area contributed by atoms with Gasteiger partial charge in [-0.1, -0.05) is 17.7 Å². The van der Waals surface area contributed by atoms with Gasteiger partial charge in [-0.2, -0.15) is 0 Å². The highest BCUT2D eigenvalue weighted by molar-refractivity contribution is 7.15. The van der Waals surface area contributed by atoms with Gasteiger partial charge in [0.15, 0.2) is 5.13 Å². The van der Waals surface area contributed by atoms with Crippen LogP contribution in [-0.4, -0.2) is 4.98 Å². The van der Waals surface area contributed by atoms with E-state index in [1.807, 2.05) is 6.92 Å². The second kappa shape index (κ2) is 4.39. The van der Waals surface area contributed by atoms with Crippen molar-refractivity contribution in [3.8, 4) is 0 Å². The van der Waals surface area contributed by atoms with Gasteiger partial charge in [0.05, 0.1) is 10.7 Å². The minimum absolute atomic E-state index is 0.143. The third-order valence-corrected chi connectivity index (χ3v) is 3.55. The van der Waals surface area contributed by atoms with Crippen LogP contribution in [0.2, 0.25) is 5.02 Å². The maximum absolute atomic E-state index is 13.2. The summed E-state index contributed by atoms with van der Waals surface area (Å²) in [5.41, 5.74) is 7.37. The van der Waals surface area contributed by atoms with Crippen molar-refractivity contribution < 1.29 is 4.39 Å². The summed E-state index contributed by atoms with van der Waals surface area (Å²) in [6.45, 7) is 1.90. The number of anilines is 1. The first-order valence-corrected chi connectivity index (χ1v) is 5.91. The lowest BCUT2D eigenvalue weighted by molar-refractivity contribution is 0.626. The molecule has 2 nitrogen and oxygen atoms in total. The Morgan fingerprint density at radius 1 is 1.50 bits per heavy atom. The molecule has 16 heavy (non-hydrogen) atoms. The van der Waals surface area contributed by atoms with Crippen molar-refractivity contribution in [3.63, 3.8) is 0 Å². The van der Waals surface area contributed by atoms with E-state index in [4.69, 9.17) is 17.3 Å². The largest absolute Gasteiger partial charge is 0.375 e. The van der Waals surface area contributed by atoms with Gasteiger partial charge < -0.3 is 5.73 Å². The number of rotatable bonds is 2. The van der Waals surface area contributed by atoms with Gasteiger partial charge in [0.2, 0.25) is 0 Å². The van der Waals surface area contributed by atoms with Gasteiger partial charge in [0.25, 0.3) is 0 Å². The summed E-state index contributed by atoms with van der Waals surface area (Å²) in [5.74, 6) is -0.394. The average molecular weight is 257 g/mol. The maximum atomic E-state index is 13.2. The normalized spacial score (nSPS) is 10.7. The molecule has 84 valence electrons. The van der Waals surface area contributed by atoms with E-state index in [1.54, 1.807) is 12.1 Å². The molecule has 2 aromatic rings. The lowest BCUT2D eigenvalue weighted by Crippen LogP contribution is -1.89. The number of halogens is 2. The monoisotopic (exact) mass is 256 g/mol. The number of benzene rings is 1. The molecule has 2 N–H and O–H groups in total. The van der Waals surface area contributed by atoms with Gasteiger partial charge in [0.1, 0.15) is 5.82 Å². The number of nitrogens with zero attached hydrogens (tertiary/aromatic N) is 1. The quantitative estimate of drug-likeness (QED) is 0.894. The molecule has 0 bridgehead atoms. The Hall–Kier alpha value is -1.13. The average Bonchev–Trinajstić information content (AvgIpc) is 2.51. The molecule has 1 aromatic carbocycles. The van der Waals surface area contributed by atoms with E-state index in [-0.39, 0.29) is 5.02 Å². The molecule has 1 aromatic heterocycles. The number of aromatic nitrogens is 1. The fourth-order valence-corrected chi connectivity index (χ4v) is 2.43. The van der Waals surface area contributed by atoms with Crippen LogP contribution in [0.15, 0.2) is 18.2 Å². The van der Waals surface area contributed by atoms with Crippen molar-refractivity contribution >= 4 is 28.1 Å². The number of nitrogens with two attached hydrogens (primary N) is 1. The zero-order chi connectivity index (χ0) is 11.7. The summed E-state index contributed by atoms with van der Waals surface area (Å²) >= 11 is 7.04. The number of hydrogen-bond donors (Lipinski definition) is 1. The predicted molar refractivity (Wildman–Crippen MR) is 65.5 cm³/mol. The maximum Gasteiger partial charge on any atom is 0.180 e. The van der Waals surface area contributed by atoms with Gasteiger partial charge in [-0.15, -0.1) is 11.3 Å². The lowest BCUT2D eigenvalue weighted by Gasteiger charge is -2.01. The predicted octanol–water partition coefficient (Wildman–Crippen LogP) is 3.42. The van der Waals surface area contributed by atoms with E-state index < -0.39 is 5.82 Å². The summed E-state index contributed by atoms with van der Waals surface area (Å²) < 4.78 is 13.2. The summed E-state index contributed by atoms with van der Waals surface area (Å²) in [5, 5.41) is 0.686. The van der Waals surface area contributed by atoms with Crippen molar-refractivity contribution in [2.24, 2.45) is 0 Å². The van der Waals surface area contributed by atoms with E-state index in [9.17, 15) is 4.39 Å². The van der Waals surface area contributed by atoms with Crippen LogP contribution >= 0.6 is 22.9 Å². The smallest absolute Gasteiger partial charge is 0.180 e. The lowest BCUT2D eigenvalue weighted by atomic mass is 10.1. The summed E-state index contributed by atoms with van der Waals surface area (Å²) in [4.78, 5) is 5.18. The first-order valence-electron chi connectivity index (χ1n) is 4.72. The molecule has 0 saturated carbocycles. The molecular formula is C11H10ClFN2S. The van der Waals surface area contributed by atoms with Gasteiger partial charge in [-0.3, -0.25) is 0 Å². The Kier molecular flexibility index (Phi) is 3.12. The zero-order valence-corrected chi connectivity index (χ0v) is 10.2. The van der Waals surface area contributed by atoms with Crippen LogP contribution in [0.1, 0.15) is 16.1 Å². The van der Waals surface area contributed by atoms with Crippen molar-refractivity contribution in [3.05, 3.63) is 45.2 Å². The molecule has 2 rings (SSSR count). The highest BCUT2D eigenvalue weighted by Gasteiger charge is 2.08. The fraction of sp³-hybridized carbons (Fsp3) is 0.182. The van der Waals surface area contributed by atoms with Crippen LogP contribution in [0, 0.1) is 12.7 Å². The number of thiazole rings is 1. The third-order valence-electron chi connectivity index (χ3n) is 2.26. The molecule has 0 aliphatic heterocycles. The van der Waals surface area contributed by atoms with Crippen molar-refractivity contribution in [2.45, 2.75) is 13.3 Å². The number of hydrogen-bond acceptors (Lipinski definition) is 3. The molecule has 5 heteroatoms. The van der Waals surface area contributed by atoms with Crippen molar-refractivity contribution in [1.82, 2.24) is 4.98 Å². The minimum atomic E-state index is -0.394. The van der Waals surface area contributed by atoms with Gasteiger partial charge in [0, 0.05) is 11.3 Å². The molecule has 0 amide bonds. The molecule has 0 spiro atoms. The molecular weight excluding hydrogens is 247 g/mol. The van der Waals surface area contributed by atoms with Crippen molar-refractivity contribution in [1.29, 1.82) is 0 Å². The Morgan fingerprint density at radius 3 is 2.81 bits per heavy atom. The second-order valence-corrected chi connectivity index (χ2v) is 5.01. The Labute approximate surface area is 102 Å². The van der Waals surface area contributed by atoms with E-state index in [0.717, 1.165) is 16.1 Å². The number of aryl methyl sites for hydroxylation is 1.